The molecule has 0 amide bonds. The number of benzene rings is 1. The molecule has 0 aliphatic heterocycles. The molecule has 0 aliphatic carbocycles. The van der Waals surface area contributed by atoms with Crippen molar-refractivity contribution in [2.75, 3.05) is 0 Å². The maximum atomic E-state index is 12.9. The molecular weight excluding hydrogens is 531 g/mol. The lowest BCUT2D eigenvalue weighted by Crippen LogP contribution is -3.68. The van der Waals surface area contributed by atoms with E-state index in [2.05, 4.69) is 19.6 Å². The van der Waals surface area contributed by atoms with Crippen molar-refractivity contribution in [2.45, 2.75) is 35.3 Å². The molecule has 3 nitrogen and oxygen atoms in total. The SMILES string of the molecule is C[Si](C)(C)c1ccc([I+]C(F)(F)C(F)(F)F)cc1.O=S(=O)([O-])C(F)(F)F. The van der Waals surface area contributed by atoms with Gasteiger partial charge in [0.25, 0.3) is 0 Å². The Morgan fingerprint density at radius 1 is 0.885 bits per heavy atom. The Bertz CT molecular complexity index is 693. The van der Waals surface area contributed by atoms with Crippen LogP contribution in [-0.2, 0) is 10.1 Å². The predicted molar refractivity (Wildman–Crippen MR) is 74.9 cm³/mol. The van der Waals surface area contributed by atoms with Crippen molar-refractivity contribution in [3.63, 3.8) is 0 Å². The van der Waals surface area contributed by atoms with E-state index in [1.807, 2.05) is 0 Å². The van der Waals surface area contributed by atoms with Gasteiger partial charge in [-0.25, -0.2) is 8.42 Å². The topological polar surface area (TPSA) is 57.2 Å². The first-order valence-corrected chi connectivity index (χ1v) is 13.5. The van der Waals surface area contributed by atoms with Gasteiger partial charge in [0.15, 0.2) is 13.7 Å². The molecule has 0 spiro atoms. The van der Waals surface area contributed by atoms with E-state index in [1.54, 1.807) is 12.1 Å². The van der Waals surface area contributed by atoms with Crippen LogP contribution in [0.4, 0.5) is 35.1 Å². The van der Waals surface area contributed by atoms with Gasteiger partial charge in [0.1, 0.15) is 0 Å². The quantitative estimate of drug-likeness (QED) is 0.141. The highest BCUT2D eigenvalue weighted by Crippen LogP contribution is 2.27. The summed E-state index contributed by atoms with van der Waals surface area (Å²) in [4.78, 5) is 0. The second-order valence-corrected chi connectivity index (χ2v) is 15.3. The molecule has 0 saturated carbocycles. The Hall–Kier alpha value is -0.483. The molecule has 0 radical (unpaired) electrons. The molecule has 26 heavy (non-hydrogen) atoms. The Morgan fingerprint density at radius 3 is 1.46 bits per heavy atom. The fourth-order valence-corrected chi connectivity index (χ4v) is 4.18. The zero-order valence-electron chi connectivity index (χ0n) is 13.3. The van der Waals surface area contributed by atoms with Crippen LogP contribution in [0.3, 0.4) is 0 Å². The molecule has 0 heterocycles. The summed E-state index contributed by atoms with van der Waals surface area (Å²) in [5.41, 5.74) is -5.65. The first-order valence-electron chi connectivity index (χ1n) is 6.42. The number of alkyl halides is 9. The summed E-state index contributed by atoms with van der Waals surface area (Å²) in [6, 6.07) is 6.16. The molecule has 1 rings (SSSR count). The molecule has 0 aromatic heterocycles. The van der Waals surface area contributed by atoms with Gasteiger partial charge < -0.3 is 4.55 Å². The fourth-order valence-electron chi connectivity index (χ4n) is 1.20. The summed E-state index contributed by atoms with van der Waals surface area (Å²) in [6.07, 6.45) is -5.45. The normalized spacial score (nSPS) is 13.8. The Labute approximate surface area is 155 Å². The lowest BCUT2D eigenvalue weighted by atomic mass is 10.4. The van der Waals surface area contributed by atoms with Gasteiger partial charge in [-0.15, -0.1) is 8.78 Å². The van der Waals surface area contributed by atoms with Crippen LogP contribution < -0.4 is 26.4 Å². The number of halogens is 9. The summed E-state index contributed by atoms with van der Waals surface area (Å²) in [6.45, 7) is 6.25. The molecule has 0 atom stereocenters. The Kier molecular flexibility index (Phi) is 8.11. The van der Waals surface area contributed by atoms with Crippen molar-refractivity contribution in [3.8, 4) is 0 Å². The smallest absolute Gasteiger partial charge is 0.543 e. The molecule has 0 N–H and O–H groups in total. The third-order valence-electron chi connectivity index (χ3n) is 2.54. The molecular formula is C12H13F8IO3SSi. The minimum atomic E-state index is -6.09. The summed E-state index contributed by atoms with van der Waals surface area (Å²) < 4.78 is 116. The largest absolute Gasteiger partial charge is 0.741 e. The lowest BCUT2D eigenvalue weighted by Gasteiger charge is -2.15. The first-order chi connectivity index (χ1) is 11.2. The molecule has 14 heteroatoms. The summed E-state index contributed by atoms with van der Waals surface area (Å²) in [5.74, 6) is 0. The van der Waals surface area contributed by atoms with Crippen molar-refractivity contribution in [2.24, 2.45) is 0 Å². The fraction of sp³-hybridized carbons (Fsp3) is 0.500. The van der Waals surface area contributed by atoms with E-state index >= 15 is 0 Å². The summed E-state index contributed by atoms with van der Waals surface area (Å²) >= 11 is -2.40. The van der Waals surface area contributed by atoms with Crippen molar-refractivity contribution in [1.29, 1.82) is 0 Å². The second kappa shape index (κ2) is 8.26. The zero-order valence-corrected chi connectivity index (χ0v) is 17.3. The van der Waals surface area contributed by atoms with E-state index in [-0.39, 0.29) is 3.57 Å². The lowest BCUT2D eigenvalue weighted by molar-refractivity contribution is -0.791. The van der Waals surface area contributed by atoms with E-state index in [1.165, 1.54) is 12.1 Å². The zero-order chi connectivity index (χ0) is 21.2. The van der Waals surface area contributed by atoms with Crippen LogP contribution in [0.25, 0.3) is 0 Å². The number of hydrogen-bond acceptors (Lipinski definition) is 3. The van der Waals surface area contributed by atoms with Crippen molar-refractivity contribution in [1.82, 2.24) is 0 Å². The molecule has 0 unspecified atom stereocenters. The van der Waals surface area contributed by atoms with E-state index in [9.17, 15) is 35.1 Å². The van der Waals surface area contributed by atoms with Gasteiger partial charge in [-0.2, -0.15) is 26.3 Å². The molecule has 1 aromatic rings. The Morgan fingerprint density at radius 2 is 1.23 bits per heavy atom. The molecule has 0 bridgehead atoms. The highest BCUT2D eigenvalue weighted by Gasteiger charge is 2.70. The van der Waals surface area contributed by atoms with Crippen LogP contribution in [0.5, 0.6) is 0 Å². The van der Waals surface area contributed by atoms with Crippen LogP contribution in [0.2, 0.25) is 19.6 Å². The summed E-state index contributed by atoms with van der Waals surface area (Å²) in [5, 5.41) is 1.05. The molecule has 1 aromatic carbocycles. The van der Waals surface area contributed by atoms with Crippen molar-refractivity contribution >= 4 is 23.4 Å². The van der Waals surface area contributed by atoms with E-state index < -0.39 is 55.0 Å². The first kappa shape index (κ1) is 25.5. The van der Waals surface area contributed by atoms with Gasteiger partial charge in [0.05, 0.1) is 8.07 Å². The van der Waals surface area contributed by atoms with E-state index in [0.717, 1.165) is 5.19 Å². The average molecular weight is 544 g/mol. The number of rotatable bonds is 3. The van der Waals surface area contributed by atoms with Crippen LogP contribution in [0, 0.1) is 3.57 Å². The van der Waals surface area contributed by atoms with Gasteiger partial charge >= 0.3 is 36.8 Å². The Balaban J connectivity index is 0.000000660. The van der Waals surface area contributed by atoms with Gasteiger partial charge in [-0.1, -0.05) is 37.0 Å². The van der Waals surface area contributed by atoms with Crippen LogP contribution in [-0.4, -0.2) is 36.7 Å². The van der Waals surface area contributed by atoms with Crippen LogP contribution >= 0.6 is 0 Å². The minimum absolute atomic E-state index is 0.109. The highest BCUT2D eigenvalue weighted by atomic mass is 127. The third-order valence-corrected chi connectivity index (χ3v) is 7.81. The van der Waals surface area contributed by atoms with Crippen molar-refractivity contribution < 1.29 is 69.3 Å². The van der Waals surface area contributed by atoms with E-state index in [4.69, 9.17) is 13.0 Å². The standard InChI is InChI=1S/C11H13F5ISi.CHF3O3S/c1-18(2,3)9-6-4-8(5-7-9)17-11(15,16)10(12,13)14;2-1(3,4)8(5,6)7/h4-7H,1-3H3;(H,5,6,7)/q+1;/p-1. The number of hydrogen-bond donors (Lipinski definition) is 0. The van der Waals surface area contributed by atoms with Crippen LogP contribution in [0.15, 0.2) is 24.3 Å². The maximum absolute atomic E-state index is 12.9. The second-order valence-electron chi connectivity index (χ2n) is 5.75. The highest BCUT2D eigenvalue weighted by molar-refractivity contribution is 7.86. The monoisotopic (exact) mass is 544 g/mol. The molecule has 0 aliphatic rings. The summed E-state index contributed by atoms with van der Waals surface area (Å²) in [7, 11) is -7.64. The van der Waals surface area contributed by atoms with Crippen molar-refractivity contribution in [3.05, 3.63) is 27.8 Å². The third kappa shape index (κ3) is 8.04. The minimum Gasteiger partial charge on any atom is -0.741 e. The van der Waals surface area contributed by atoms with Gasteiger partial charge in [0, 0.05) is 0 Å². The predicted octanol–water partition coefficient (Wildman–Crippen LogP) is 0.697. The molecule has 0 saturated heterocycles. The molecule has 152 valence electrons. The van der Waals surface area contributed by atoms with Crippen LogP contribution in [0.1, 0.15) is 0 Å². The average Bonchev–Trinajstić information content (AvgIpc) is 2.34. The van der Waals surface area contributed by atoms with Gasteiger partial charge in [-0.05, 0) is 12.1 Å². The van der Waals surface area contributed by atoms with E-state index in [0.29, 0.717) is 0 Å². The van der Waals surface area contributed by atoms with Gasteiger partial charge in [-0.3, -0.25) is 0 Å². The van der Waals surface area contributed by atoms with Gasteiger partial charge in [0.2, 0.25) is 0 Å². The maximum Gasteiger partial charge on any atom is 0.543 e. The molecule has 0 fully saturated rings.